The summed E-state index contributed by atoms with van der Waals surface area (Å²) in [6.07, 6.45) is 3.56. The second-order valence-corrected chi connectivity index (χ2v) is 6.92. The lowest BCUT2D eigenvalue weighted by Crippen LogP contribution is -2.32. The van der Waals surface area contributed by atoms with E-state index < -0.39 is 5.63 Å². The highest BCUT2D eigenvalue weighted by molar-refractivity contribution is 8.22. The molecule has 2 heterocycles. The summed E-state index contributed by atoms with van der Waals surface area (Å²) in [5.74, 6) is 0.328. The van der Waals surface area contributed by atoms with Gasteiger partial charge in [-0.15, -0.1) is 0 Å². The molecule has 1 aliphatic heterocycles. The number of likely N-dealkylation sites (tertiary alicyclic amines) is 1. The third kappa shape index (κ3) is 3.13. The first-order valence-corrected chi connectivity index (χ1v) is 8.71. The minimum absolute atomic E-state index is 0.000735. The maximum Gasteiger partial charge on any atom is 0.344 e. The summed E-state index contributed by atoms with van der Waals surface area (Å²) >= 11 is 6.84. The van der Waals surface area contributed by atoms with E-state index in [1.807, 2.05) is 0 Å². The van der Waals surface area contributed by atoms with Crippen LogP contribution < -0.4 is 5.63 Å². The largest absolute Gasteiger partial charge is 0.507 e. The van der Waals surface area contributed by atoms with Crippen LogP contribution in [0.15, 0.2) is 33.5 Å². The van der Waals surface area contributed by atoms with Crippen molar-refractivity contribution in [3.05, 3.63) is 40.2 Å². The van der Waals surface area contributed by atoms with E-state index in [2.05, 4.69) is 4.90 Å². The molecule has 22 heavy (non-hydrogen) atoms. The van der Waals surface area contributed by atoms with E-state index in [9.17, 15) is 9.90 Å². The zero-order chi connectivity index (χ0) is 15.5. The number of hydrogen-bond donors (Lipinski definition) is 1. The molecule has 2 aromatic rings. The zero-order valence-corrected chi connectivity index (χ0v) is 13.7. The summed E-state index contributed by atoms with van der Waals surface area (Å²) < 4.78 is 6.05. The number of thioether (sulfide) groups is 1. The molecule has 1 saturated heterocycles. The number of para-hydroxylation sites is 1. The quantitative estimate of drug-likeness (QED) is 0.670. The van der Waals surface area contributed by atoms with Crippen LogP contribution in [0.1, 0.15) is 24.8 Å². The third-order valence-corrected chi connectivity index (χ3v) is 5.38. The fourth-order valence-corrected chi connectivity index (χ4v) is 3.85. The smallest absolute Gasteiger partial charge is 0.344 e. The molecule has 1 aromatic carbocycles. The first kappa shape index (κ1) is 15.4. The van der Waals surface area contributed by atoms with Crippen LogP contribution in [-0.4, -0.2) is 27.4 Å². The summed E-state index contributed by atoms with van der Waals surface area (Å²) in [7, 11) is 0. The fourth-order valence-electron chi connectivity index (χ4n) is 2.60. The topological polar surface area (TPSA) is 53.7 Å². The van der Waals surface area contributed by atoms with Crippen LogP contribution in [0.5, 0.6) is 5.75 Å². The van der Waals surface area contributed by atoms with Crippen molar-refractivity contribution in [2.45, 2.75) is 25.0 Å². The van der Waals surface area contributed by atoms with Gasteiger partial charge in [-0.2, -0.15) is 0 Å². The van der Waals surface area contributed by atoms with Crippen LogP contribution in [-0.2, 0) is 5.75 Å². The predicted molar refractivity (Wildman–Crippen MR) is 93.5 cm³/mol. The molecule has 0 amide bonds. The minimum atomic E-state index is -0.495. The standard InChI is InChI=1S/C16H17NO3S2/c18-14-11-6-2-3-7-13(11)20-15(19)12(14)10-22-16(21)17-8-4-1-5-9-17/h2-3,6-7,18H,1,4-5,8-10H2. The lowest BCUT2D eigenvalue weighted by Gasteiger charge is -2.28. The Kier molecular flexibility index (Phi) is 4.69. The highest BCUT2D eigenvalue weighted by atomic mass is 32.2. The molecular formula is C16H17NO3S2. The normalized spacial score (nSPS) is 15.2. The highest BCUT2D eigenvalue weighted by Crippen LogP contribution is 2.29. The van der Waals surface area contributed by atoms with Crippen molar-refractivity contribution in [3.63, 3.8) is 0 Å². The molecule has 1 fully saturated rings. The van der Waals surface area contributed by atoms with E-state index in [4.69, 9.17) is 16.6 Å². The highest BCUT2D eigenvalue weighted by Gasteiger charge is 2.17. The number of benzene rings is 1. The lowest BCUT2D eigenvalue weighted by atomic mass is 10.1. The molecule has 0 radical (unpaired) electrons. The average Bonchev–Trinajstić information content (AvgIpc) is 2.55. The van der Waals surface area contributed by atoms with Crippen molar-refractivity contribution >= 4 is 39.3 Å². The van der Waals surface area contributed by atoms with Crippen LogP contribution in [0.2, 0.25) is 0 Å². The molecule has 0 spiro atoms. The molecule has 0 saturated carbocycles. The van der Waals surface area contributed by atoms with E-state index >= 15 is 0 Å². The van der Waals surface area contributed by atoms with Crippen molar-refractivity contribution in [1.82, 2.24) is 4.90 Å². The van der Waals surface area contributed by atoms with Crippen molar-refractivity contribution in [1.29, 1.82) is 0 Å². The lowest BCUT2D eigenvalue weighted by molar-refractivity contribution is 0.352. The Labute approximate surface area is 138 Å². The Morgan fingerprint density at radius 1 is 1.27 bits per heavy atom. The minimum Gasteiger partial charge on any atom is -0.507 e. The van der Waals surface area contributed by atoms with Gasteiger partial charge in [-0.05, 0) is 31.4 Å². The van der Waals surface area contributed by atoms with Gasteiger partial charge in [0.05, 0.1) is 10.9 Å². The van der Waals surface area contributed by atoms with Crippen molar-refractivity contribution < 1.29 is 9.52 Å². The Morgan fingerprint density at radius 2 is 2.00 bits per heavy atom. The summed E-state index contributed by atoms with van der Waals surface area (Å²) in [6, 6.07) is 6.98. The number of rotatable bonds is 2. The van der Waals surface area contributed by atoms with E-state index in [1.165, 1.54) is 18.2 Å². The Bertz CT molecular complexity index is 751. The first-order valence-electron chi connectivity index (χ1n) is 7.32. The summed E-state index contributed by atoms with van der Waals surface area (Å²) in [6.45, 7) is 1.95. The maximum absolute atomic E-state index is 12.0. The first-order chi connectivity index (χ1) is 10.7. The van der Waals surface area contributed by atoms with Crippen molar-refractivity contribution in [3.8, 4) is 5.75 Å². The molecular weight excluding hydrogens is 318 g/mol. The molecule has 6 heteroatoms. The molecule has 0 aliphatic carbocycles. The number of nitrogens with zero attached hydrogens (tertiary/aromatic N) is 1. The van der Waals surface area contributed by atoms with Crippen LogP contribution in [0.3, 0.4) is 0 Å². The van der Waals surface area contributed by atoms with Gasteiger partial charge in [0.25, 0.3) is 0 Å². The molecule has 0 atom stereocenters. The summed E-state index contributed by atoms with van der Waals surface area (Å²) in [5, 5.41) is 10.9. The number of fused-ring (bicyclic) bond motifs is 1. The van der Waals surface area contributed by atoms with E-state index in [-0.39, 0.29) is 11.3 Å². The molecule has 0 unspecified atom stereocenters. The van der Waals surface area contributed by atoms with Gasteiger partial charge in [0, 0.05) is 18.8 Å². The van der Waals surface area contributed by atoms with E-state index in [0.717, 1.165) is 30.3 Å². The van der Waals surface area contributed by atoms with E-state index in [1.54, 1.807) is 24.3 Å². The van der Waals surface area contributed by atoms with Gasteiger partial charge in [0.2, 0.25) is 0 Å². The van der Waals surface area contributed by atoms with Gasteiger partial charge < -0.3 is 14.4 Å². The number of piperidine rings is 1. The molecule has 116 valence electrons. The van der Waals surface area contributed by atoms with Gasteiger partial charge in [-0.25, -0.2) is 4.79 Å². The monoisotopic (exact) mass is 335 g/mol. The van der Waals surface area contributed by atoms with Crippen LogP contribution in [0.4, 0.5) is 0 Å². The van der Waals surface area contributed by atoms with Gasteiger partial charge in [-0.3, -0.25) is 0 Å². The summed E-state index contributed by atoms with van der Waals surface area (Å²) in [5.41, 5.74) is 0.186. The van der Waals surface area contributed by atoms with Crippen LogP contribution >= 0.6 is 24.0 Å². The third-order valence-electron chi connectivity index (χ3n) is 3.83. The second-order valence-electron chi connectivity index (χ2n) is 5.32. The van der Waals surface area contributed by atoms with Crippen molar-refractivity contribution in [2.75, 3.05) is 13.1 Å². The van der Waals surface area contributed by atoms with Crippen LogP contribution in [0.25, 0.3) is 11.0 Å². The predicted octanol–water partition coefficient (Wildman–Crippen LogP) is 3.50. The second kappa shape index (κ2) is 6.71. The SMILES string of the molecule is O=c1oc2ccccc2c(O)c1CSC(=S)N1CCCCC1. The van der Waals surface area contributed by atoms with Gasteiger partial charge in [-0.1, -0.05) is 36.1 Å². The molecule has 3 rings (SSSR count). The number of hydrogen-bond acceptors (Lipinski definition) is 5. The molecule has 1 aromatic heterocycles. The van der Waals surface area contributed by atoms with Crippen molar-refractivity contribution in [2.24, 2.45) is 0 Å². The van der Waals surface area contributed by atoms with Gasteiger partial charge in [0.1, 0.15) is 15.7 Å². The average molecular weight is 335 g/mol. The van der Waals surface area contributed by atoms with Gasteiger partial charge >= 0.3 is 5.63 Å². The summed E-state index contributed by atoms with van der Waals surface area (Å²) in [4.78, 5) is 14.2. The van der Waals surface area contributed by atoms with Crippen LogP contribution in [0, 0.1) is 0 Å². The zero-order valence-electron chi connectivity index (χ0n) is 12.1. The Morgan fingerprint density at radius 3 is 2.77 bits per heavy atom. The molecule has 1 N–H and O–H groups in total. The van der Waals surface area contributed by atoms with E-state index in [0.29, 0.717) is 16.7 Å². The molecule has 4 nitrogen and oxygen atoms in total. The molecule has 0 bridgehead atoms. The van der Waals surface area contributed by atoms with Gasteiger partial charge in [0.15, 0.2) is 0 Å². The maximum atomic E-state index is 12.0. The number of aromatic hydroxyl groups is 1. The Hall–Kier alpha value is -1.53. The molecule has 1 aliphatic rings. The fraction of sp³-hybridized carbons (Fsp3) is 0.375. The Balaban J connectivity index is 1.79. The number of thiocarbonyl (C=S) groups is 1.